The third-order valence-corrected chi connectivity index (χ3v) is 3.16. The zero-order chi connectivity index (χ0) is 10.3. The van der Waals surface area contributed by atoms with Crippen LogP contribution in [0.1, 0.15) is 32.8 Å². The Labute approximate surface area is 90.5 Å². The first kappa shape index (κ1) is 9.85. The summed E-state index contributed by atoms with van der Waals surface area (Å²) in [5.74, 6) is 0. The van der Waals surface area contributed by atoms with Gasteiger partial charge in [0.05, 0.1) is 0 Å². The summed E-state index contributed by atoms with van der Waals surface area (Å²) >= 11 is 5.98. The van der Waals surface area contributed by atoms with Crippen LogP contribution in [-0.2, 0) is 5.41 Å². The van der Waals surface area contributed by atoms with E-state index in [9.17, 15) is 0 Å². The van der Waals surface area contributed by atoms with E-state index in [0.29, 0.717) is 6.04 Å². The first-order chi connectivity index (χ1) is 6.49. The number of hydrogen-bond acceptors (Lipinski definition) is 1. The Hall–Kier alpha value is -0.690. The molecule has 1 aromatic rings. The SMILES string of the molecule is CC1CC(C)(C)c2ccc(Cl)cc2N1. The number of anilines is 1. The molecule has 1 atom stereocenters. The molecule has 0 aliphatic carbocycles. The van der Waals surface area contributed by atoms with E-state index in [0.717, 1.165) is 5.02 Å². The van der Waals surface area contributed by atoms with Crippen molar-refractivity contribution in [1.29, 1.82) is 0 Å². The fraction of sp³-hybridized carbons (Fsp3) is 0.500. The van der Waals surface area contributed by atoms with Crippen LogP contribution in [0.25, 0.3) is 0 Å². The molecular weight excluding hydrogens is 194 g/mol. The molecule has 1 aliphatic heterocycles. The normalized spacial score (nSPS) is 23.9. The lowest BCUT2D eigenvalue weighted by atomic mass is 9.76. The number of rotatable bonds is 0. The number of nitrogens with one attached hydrogen (secondary N) is 1. The van der Waals surface area contributed by atoms with Crippen LogP contribution in [0.3, 0.4) is 0 Å². The number of fused-ring (bicyclic) bond motifs is 1. The average molecular weight is 210 g/mol. The highest BCUT2D eigenvalue weighted by Gasteiger charge is 2.30. The van der Waals surface area contributed by atoms with Crippen LogP contribution < -0.4 is 5.32 Å². The topological polar surface area (TPSA) is 12.0 Å². The summed E-state index contributed by atoms with van der Waals surface area (Å²) < 4.78 is 0. The summed E-state index contributed by atoms with van der Waals surface area (Å²) in [6, 6.07) is 6.65. The second-order valence-corrected chi connectivity index (χ2v) is 5.26. The van der Waals surface area contributed by atoms with E-state index in [4.69, 9.17) is 11.6 Å². The van der Waals surface area contributed by atoms with E-state index >= 15 is 0 Å². The average Bonchev–Trinajstić information content (AvgIpc) is 2.00. The van der Waals surface area contributed by atoms with Crippen LogP contribution in [0.2, 0.25) is 5.02 Å². The van der Waals surface area contributed by atoms with Gasteiger partial charge in [-0.1, -0.05) is 31.5 Å². The lowest BCUT2D eigenvalue weighted by Gasteiger charge is -2.37. The maximum absolute atomic E-state index is 5.98. The van der Waals surface area contributed by atoms with Crippen LogP contribution in [0.5, 0.6) is 0 Å². The van der Waals surface area contributed by atoms with Gasteiger partial charge in [0.1, 0.15) is 0 Å². The van der Waals surface area contributed by atoms with Crippen molar-refractivity contribution in [3.05, 3.63) is 28.8 Å². The summed E-state index contributed by atoms with van der Waals surface area (Å²) in [4.78, 5) is 0. The van der Waals surface area contributed by atoms with Crippen LogP contribution in [0, 0.1) is 0 Å². The quantitative estimate of drug-likeness (QED) is 0.685. The Morgan fingerprint density at radius 3 is 2.86 bits per heavy atom. The minimum Gasteiger partial charge on any atom is -0.382 e. The molecule has 1 heterocycles. The van der Waals surface area contributed by atoms with E-state index < -0.39 is 0 Å². The Morgan fingerprint density at radius 1 is 1.43 bits per heavy atom. The lowest BCUT2D eigenvalue weighted by molar-refractivity contribution is 0.434. The monoisotopic (exact) mass is 209 g/mol. The third kappa shape index (κ3) is 1.61. The number of benzene rings is 1. The second kappa shape index (κ2) is 3.16. The number of hydrogen-bond donors (Lipinski definition) is 1. The molecule has 2 heteroatoms. The zero-order valence-electron chi connectivity index (χ0n) is 8.89. The van der Waals surface area contributed by atoms with Gasteiger partial charge in [-0.3, -0.25) is 0 Å². The summed E-state index contributed by atoms with van der Waals surface area (Å²) in [5.41, 5.74) is 2.83. The van der Waals surface area contributed by atoms with Gasteiger partial charge < -0.3 is 5.32 Å². The predicted octanol–water partition coefficient (Wildman–Crippen LogP) is 3.82. The second-order valence-electron chi connectivity index (χ2n) is 4.82. The fourth-order valence-corrected chi connectivity index (χ4v) is 2.59. The standard InChI is InChI=1S/C12H16ClN/c1-8-7-12(2,3)10-5-4-9(13)6-11(10)14-8/h4-6,8,14H,7H2,1-3H3. The van der Waals surface area contributed by atoms with Crippen molar-refractivity contribution < 1.29 is 0 Å². The molecule has 1 nitrogen and oxygen atoms in total. The van der Waals surface area contributed by atoms with Gasteiger partial charge >= 0.3 is 0 Å². The van der Waals surface area contributed by atoms with E-state index in [1.165, 1.54) is 17.7 Å². The van der Waals surface area contributed by atoms with Crippen LogP contribution in [-0.4, -0.2) is 6.04 Å². The molecule has 0 radical (unpaired) electrons. The van der Waals surface area contributed by atoms with Gasteiger partial charge in [-0.05, 0) is 36.5 Å². The van der Waals surface area contributed by atoms with Gasteiger partial charge in [0, 0.05) is 16.8 Å². The highest BCUT2D eigenvalue weighted by molar-refractivity contribution is 6.30. The van der Waals surface area contributed by atoms with E-state index in [1.54, 1.807) is 0 Å². The Balaban J connectivity index is 2.52. The first-order valence-corrected chi connectivity index (χ1v) is 5.43. The predicted molar refractivity (Wildman–Crippen MR) is 62.2 cm³/mol. The van der Waals surface area contributed by atoms with Gasteiger partial charge in [0.2, 0.25) is 0 Å². The minimum atomic E-state index is 0.255. The minimum absolute atomic E-state index is 0.255. The lowest BCUT2D eigenvalue weighted by Crippen LogP contribution is -2.34. The van der Waals surface area contributed by atoms with E-state index in [-0.39, 0.29) is 5.41 Å². The molecule has 0 saturated heterocycles. The summed E-state index contributed by atoms with van der Waals surface area (Å²) in [7, 11) is 0. The van der Waals surface area contributed by atoms with Crippen LogP contribution in [0.15, 0.2) is 18.2 Å². The van der Waals surface area contributed by atoms with Gasteiger partial charge in [0.25, 0.3) is 0 Å². The molecule has 2 rings (SSSR count). The molecule has 14 heavy (non-hydrogen) atoms. The van der Waals surface area contributed by atoms with Gasteiger partial charge in [-0.25, -0.2) is 0 Å². The van der Waals surface area contributed by atoms with E-state index in [2.05, 4.69) is 32.2 Å². The Kier molecular flexibility index (Phi) is 2.23. The summed E-state index contributed by atoms with van der Waals surface area (Å²) in [6.07, 6.45) is 1.17. The van der Waals surface area contributed by atoms with Crippen molar-refractivity contribution in [1.82, 2.24) is 0 Å². The maximum Gasteiger partial charge on any atom is 0.0426 e. The Morgan fingerprint density at radius 2 is 2.14 bits per heavy atom. The fourth-order valence-electron chi connectivity index (χ4n) is 2.42. The molecule has 1 aliphatic rings. The van der Waals surface area contributed by atoms with Crippen molar-refractivity contribution in [2.24, 2.45) is 0 Å². The zero-order valence-corrected chi connectivity index (χ0v) is 9.65. The largest absolute Gasteiger partial charge is 0.382 e. The molecule has 1 aromatic carbocycles. The molecule has 0 spiro atoms. The van der Waals surface area contributed by atoms with E-state index in [1.807, 2.05) is 12.1 Å². The molecule has 0 aromatic heterocycles. The molecule has 76 valence electrons. The molecule has 0 saturated carbocycles. The molecule has 0 amide bonds. The number of halogens is 1. The van der Waals surface area contributed by atoms with Crippen molar-refractivity contribution in [3.8, 4) is 0 Å². The molecule has 1 N–H and O–H groups in total. The molecule has 0 bridgehead atoms. The van der Waals surface area contributed by atoms with Crippen molar-refractivity contribution in [2.45, 2.75) is 38.6 Å². The van der Waals surface area contributed by atoms with Crippen molar-refractivity contribution >= 4 is 17.3 Å². The third-order valence-electron chi connectivity index (χ3n) is 2.93. The highest BCUT2D eigenvalue weighted by Crippen LogP contribution is 2.39. The highest BCUT2D eigenvalue weighted by atomic mass is 35.5. The summed E-state index contributed by atoms with van der Waals surface area (Å²) in [5, 5.41) is 4.28. The van der Waals surface area contributed by atoms with Gasteiger partial charge in [-0.15, -0.1) is 0 Å². The first-order valence-electron chi connectivity index (χ1n) is 5.05. The smallest absolute Gasteiger partial charge is 0.0426 e. The molecular formula is C12H16ClN. The molecule has 0 fully saturated rings. The van der Waals surface area contributed by atoms with Crippen molar-refractivity contribution in [3.63, 3.8) is 0 Å². The van der Waals surface area contributed by atoms with Gasteiger partial charge in [0.15, 0.2) is 0 Å². The van der Waals surface area contributed by atoms with Crippen LogP contribution in [0.4, 0.5) is 5.69 Å². The van der Waals surface area contributed by atoms with Crippen LogP contribution >= 0.6 is 11.6 Å². The van der Waals surface area contributed by atoms with Gasteiger partial charge in [-0.2, -0.15) is 0 Å². The summed E-state index contributed by atoms with van der Waals surface area (Å²) in [6.45, 7) is 6.79. The Bertz CT molecular complexity index is 357. The van der Waals surface area contributed by atoms with Crippen molar-refractivity contribution in [2.75, 3.05) is 5.32 Å². The molecule has 1 unspecified atom stereocenters. The maximum atomic E-state index is 5.98.